The molecule has 27 heavy (non-hydrogen) atoms. The maximum absolute atomic E-state index is 12.2. The van der Waals surface area contributed by atoms with Gasteiger partial charge in [-0.3, -0.25) is 14.6 Å². The average Bonchev–Trinajstić information content (AvgIpc) is 3.29. The molecule has 2 aliphatic rings. The summed E-state index contributed by atoms with van der Waals surface area (Å²) in [6.07, 6.45) is 2.51. The summed E-state index contributed by atoms with van der Waals surface area (Å²) in [5, 5.41) is 14.9. The highest BCUT2D eigenvalue weighted by Crippen LogP contribution is 2.18. The monoisotopic (exact) mass is 372 g/mol. The number of hydrogen-bond acceptors (Lipinski definition) is 6. The van der Waals surface area contributed by atoms with Crippen molar-refractivity contribution in [3.63, 3.8) is 0 Å². The summed E-state index contributed by atoms with van der Waals surface area (Å²) in [4.78, 5) is 16.8. The van der Waals surface area contributed by atoms with Gasteiger partial charge in [-0.1, -0.05) is 0 Å². The molecule has 0 aromatic carbocycles. The summed E-state index contributed by atoms with van der Waals surface area (Å²) in [6, 6.07) is 5.49. The lowest BCUT2D eigenvalue weighted by Gasteiger charge is -2.35. The standard InChI is InChI=1S/C20H28N4O3/c1-15-5-6-19(27-15)18(25)14-23-9-7-22(8-10-23)11-12-24-20(26)13-16-3-2-4-17(16)21-24/h5-6,13,18,25H,2-4,7-12,14H2,1H3. The van der Waals surface area contributed by atoms with Crippen molar-refractivity contribution in [3.8, 4) is 0 Å². The Hall–Kier alpha value is -1.96. The van der Waals surface area contributed by atoms with E-state index < -0.39 is 6.10 Å². The first kappa shape index (κ1) is 18.4. The molecule has 2 aromatic rings. The lowest BCUT2D eigenvalue weighted by Crippen LogP contribution is -2.48. The lowest BCUT2D eigenvalue weighted by atomic mass is 10.2. The van der Waals surface area contributed by atoms with Crippen molar-refractivity contribution in [2.75, 3.05) is 39.3 Å². The molecule has 1 N–H and O–H groups in total. The van der Waals surface area contributed by atoms with Gasteiger partial charge in [-0.25, -0.2) is 4.68 Å². The minimum atomic E-state index is -0.584. The number of β-amino-alcohol motifs (C(OH)–C–C–N with tert-alkyl or cyclic N) is 1. The van der Waals surface area contributed by atoms with Crippen LogP contribution in [0.4, 0.5) is 0 Å². The lowest BCUT2D eigenvalue weighted by molar-refractivity contribution is 0.0601. The number of nitrogens with zero attached hydrogens (tertiary/aromatic N) is 4. The van der Waals surface area contributed by atoms with Gasteiger partial charge < -0.3 is 9.52 Å². The van der Waals surface area contributed by atoms with Crippen LogP contribution in [0.25, 0.3) is 0 Å². The van der Waals surface area contributed by atoms with Gasteiger partial charge in [-0.05, 0) is 43.9 Å². The minimum absolute atomic E-state index is 0.0196. The number of fused-ring (bicyclic) bond motifs is 1. The Labute approximate surface area is 159 Å². The van der Waals surface area contributed by atoms with Gasteiger partial charge >= 0.3 is 0 Å². The fourth-order valence-corrected chi connectivity index (χ4v) is 4.00. The van der Waals surface area contributed by atoms with Crippen molar-refractivity contribution in [3.05, 3.63) is 51.3 Å². The van der Waals surface area contributed by atoms with Crippen LogP contribution in [-0.2, 0) is 19.4 Å². The number of aliphatic hydroxyl groups is 1. The van der Waals surface area contributed by atoms with Gasteiger partial charge in [-0.2, -0.15) is 5.10 Å². The van der Waals surface area contributed by atoms with Gasteiger partial charge in [0, 0.05) is 45.3 Å². The molecule has 0 spiro atoms. The van der Waals surface area contributed by atoms with E-state index >= 15 is 0 Å². The van der Waals surface area contributed by atoms with Gasteiger partial charge in [0.2, 0.25) is 0 Å². The summed E-state index contributed by atoms with van der Waals surface area (Å²) in [6.45, 7) is 7.63. The van der Waals surface area contributed by atoms with E-state index in [9.17, 15) is 9.90 Å². The Bertz CT molecular complexity index is 836. The van der Waals surface area contributed by atoms with E-state index in [1.54, 1.807) is 10.7 Å². The quantitative estimate of drug-likeness (QED) is 0.815. The zero-order valence-electron chi connectivity index (χ0n) is 15.9. The van der Waals surface area contributed by atoms with Gasteiger partial charge in [0.25, 0.3) is 5.56 Å². The molecule has 1 aliphatic heterocycles. The first-order valence-corrected chi connectivity index (χ1v) is 9.87. The van der Waals surface area contributed by atoms with Crippen molar-refractivity contribution in [2.24, 2.45) is 0 Å². The largest absolute Gasteiger partial charge is 0.464 e. The van der Waals surface area contributed by atoms with E-state index in [-0.39, 0.29) is 5.56 Å². The molecule has 2 aromatic heterocycles. The summed E-state index contributed by atoms with van der Waals surface area (Å²) in [7, 11) is 0. The van der Waals surface area contributed by atoms with Crippen LogP contribution in [0.2, 0.25) is 0 Å². The first-order chi connectivity index (χ1) is 13.1. The predicted octanol–water partition coefficient (Wildman–Crippen LogP) is 0.985. The van der Waals surface area contributed by atoms with Crippen LogP contribution in [0.5, 0.6) is 0 Å². The fourth-order valence-electron chi connectivity index (χ4n) is 4.00. The zero-order chi connectivity index (χ0) is 18.8. The molecule has 1 atom stereocenters. The van der Waals surface area contributed by atoms with Crippen molar-refractivity contribution in [2.45, 2.75) is 38.8 Å². The molecule has 0 radical (unpaired) electrons. The summed E-state index contributed by atoms with van der Waals surface area (Å²) in [5.41, 5.74) is 2.25. The molecule has 7 nitrogen and oxygen atoms in total. The molecule has 0 bridgehead atoms. The molecule has 3 heterocycles. The van der Waals surface area contributed by atoms with Gasteiger partial charge in [-0.15, -0.1) is 0 Å². The third-order valence-corrected chi connectivity index (χ3v) is 5.64. The van der Waals surface area contributed by atoms with Crippen LogP contribution in [0.3, 0.4) is 0 Å². The van der Waals surface area contributed by atoms with E-state index in [2.05, 4.69) is 14.9 Å². The Balaban J connectivity index is 1.25. The van der Waals surface area contributed by atoms with Crippen LogP contribution in [0.15, 0.2) is 27.4 Å². The van der Waals surface area contributed by atoms with E-state index in [0.717, 1.165) is 69.0 Å². The van der Waals surface area contributed by atoms with Crippen LogP contribution in [0, 0.1) is 6.92 Å². The third-order valence-electron chi connectivity index (χ3n) is 5.64. The number of aromatic nitrogens is 2. The number of piperazine rings is 1. The smallest absolute Gasteiger partial charge is 0.267 e. The molecule has 0 amide bonds. The molecule has 146 valence electrons. The van der Waals surface area contributed by atoms with Crippen molar-refractivity contribution < 1.29 is 9.52 Å². The molecule has 0 saturated carbocycles. The topological polar surface area (TPSA) is 74.7 Å². The van der Waals surface area contributed by atoms with E-state index in [0.29, 0.717) is 18.8 Å². The summed E-state index contributed by atoms with van der Waals surface area (Å²) in [5.74, 6) is 1.46. The number of rotatable bonds is 6. The second-order valence-corrected chi connectivity index (χ2v) is 7.64. The first-order valence-electron chi connectivity index (χ1n) is 9.87. The fraction of sp³-hybridized carbons (Fsp3) is 0.600. The molecule has 1 aliphatic carbocycles. The summed E-state index contributed by atoms with van der Waals surface area (Å²) >= 11 is 0. The Morgan fingerprint density at radius 1 is 1.15 bits per heavy atom. The second-order valence-electron chi connectivity index (χ2n) is 7.64. The second kappa shape index (κ2) is 7.96. The average molecular weight is 372 g/mol. The van der Waals surface area contributed by atoms with Crippen LogP contribution >= 0.6 is 0 Å². The number of aryl methyl sites for hydroxylation is 3. The maximum Gasteiger partial charge on any atom is 0.267 e. The van der Waals surface area contributed by atoms with Gasteiger partial charge in [0.1, 0.15) is 17.6 Å². The summed E-state index contributed by atoms with van der Waals surface area (Å²) < 4.78 is 7.14. The highest BCUT2D eigenvalue weighted by molar-refractivity contribution is 5.22. The van der Waals surface area contributed by atoms with Crippen LogP contribution in [-0.4, -0.2) is 64.0 Å². The van der Waals surface area contributed by atoms with E-state index in [1.807, 2.05) is 19.1 Å². The van der Waals surface area contributed by atoms with Crippen LogP contribution in [0.1, 0.15) is 35.3 Å². The molecule has 4 rings (SSSR count). The van der Waals surface area contributed by atoms with Gasteiger partial charge in [0.15, 0.2) is 0 Å². The number of furan rings is 1. The molecule has 1 saturated heterocycles. The van der Waals surface area contributed by atoms with Crippen molar-refractivity contribution in [1.29, 1.82) is 0 Å². The Kier molecular flexibility index (Phi) is 5.43. The van der Waals surface area contributed by atoms with E-state index in [4.69, 9.17) is 4.42 Å². The molecular weight excluding hydrogens is 344 g/mol. The van der Waals surface area contributed by atoms with Gasteiger partial charge in [0.05, 0.1) is 12.2 Å². The number of hydrogen-bond donors (Lipinski definition) is 1. The molecular formula is C20H28N4O3. The molecule has 7 heteroatoms. The minimum Gasteiger partial charge on any atom is -0.464 e. The normalized spacial score (nSPS) is 19.3. The van der Waals surface area contributed by atoms with Crippen molar-refractivity contribution >= 4 is 0 Å². The molecule has 1 fully saturated rings. The third kappa shape index (κ3) is 4.31. The number of aliphatic hydroxyl groups excluding tert-OH is 1. The van der Waals surface area contributed by atoms with Crippen molar-refractivity contribution in [1.82, 2.24) is 19.6 Å². The molecule has 1 unspecified atom stereocenters. The SMILES string of the molecule is Cc1ccc(C(O)CN2CCN(CCn3nc4c(cc3=O)CCC4)CC2)o1. The highest BCUT2D eigenvalue weighted by Gasteiger charge is 2.22. The van der Waals surface area contributed by atoms with Crippen LogP contribution < -0.4 is 5.56 Å². The highest BCUT2D eigenvalue weighted by atomic mass is 16.4. The van der Waals surface area contributed by atoms with E-state index in [1.165, 1.54) is 0 Å². The Morgan fingerprint density at radius 3 is 2.67 bits per heavy atom. The maximum atomic E-state index is 12.2. The zero-order valence-corrected chi connectivity index (χ0v) is 15.9. The predicted molar refractivity (Wildman–Crippen MR) is 102 cm³/mol. The Morgan fingerprint density at radius 2 is 1.93 bits per heavy atom.